The Kier molecular flexibility index (Phi) is 6.84. The normalized spacial score (nSPS) is 17.7. The molecule has 3 heterocycles. The van der Waals surface area contributed by atoms with Crippen molar-refractivity contribution < 1.29 is 9.47 Å². The molecular weight excluding hydrogens is 398 g/mol. The van der Waals surface area contributed by atoms with Crippen LogP contribution >= 0.6 is 0 Å². The van der Waals surface area contributed by atoms with Gasteiger partial charge in [-0.3, -0.25) is 0 Å². The minimum Gasteiger partial charge on any atom is -0.494 e. The van der Waals surface area contributed by atoms with Crippen LogP contribution < -0.4 is 9.47 Å². The molecule has 5 heteroatoms. The van der Waals surface area contributed by atoms with Crippen LogP contribution in [0.3, 0.4) is 0 Å². The lowest BCUT2D eigenvalue weighted by molar-refractivity contribution is 0.263. The van der Waals surface area contributed by atoms with Gasteiger partial charge in [-0.15, -0.1) is 0 Å². The average Bonchev–Trinajstić information content (AvgIpc) is 3.57. The molecule has 2 aromatic carbocycles. The Morgan fingerprint density at radius 1 is 0.656 bits per heavy atom. The maximum Gasteiger partial charge on any atom is 0.121 e. The first-order valence-electron chi connectivity index (χ1n) is 12.5. The molecule has 0 aliphatic carbocycles. The summed E-state index contributed by atoms with van der Waals surface area (Å²) in [6.45, 7) is 8.88. The van der Waals surface area contributed by atoms with Crippen molar-refractivity contribution in [2.24, 2.45) is 7.05 Å². The number of aromatic nitrogens is 1. The zero-order valence-corrected chi connectivity index (χ0v) is 19.5. The topological polar surface area (TPSA) is 29.9 Å². The molecule has 32 heavy (non-hydrogen) atoms. The average molecular weight is 436 g/mol. The van der Waals surface area contributed by atoms with E-state index in [0.29, 0.717) is 0 Å². The number of hydrogen-bond donors (Lipinski definition) is 0. The van der Waals surface area contributed by atoms with Gasteiger partial charge >= 0.3 is 0 Å². The van der Waals surface area contributed by atoms with E-state index < -0.39 is 0 Å². The van der Waals surface area contributed by atoms with Crippen LogP contribution in [-0.4, -0.2) is 66.8 Å². The predicted molar refractivity (Wildman–Crippen MR) is 132 cm³/mol. The Hall–Kier alpha value is -2.24. The monoisotopic (exact) mass is 435 g/mol. The second-order valence-electron chi connectivity index (χ2n) is 9.42. The van der Waals surface area contributed by atoms with Crippen molar-refractivity contribution in [2.75, 3.05) is 52.5 Å². The molecule has 0 saturated carbocycles. The van der Waals surface area contributed by atoms with Gasteiger partial charge in [-0.1, -0.05) is 0 Å². The lowest BCUT2D eigenvalue weighted by atomic mass is 10.1. The number of aryl methyl sites for hydroxylation is 1. The molecule has 3 aromatic rings. The molecule has 2 saturated heterocycles. The minimum atomic E-state index is 0.779. The third-order valence-electron chi connectivity index (χ3n) is 7.12. The zero-order valence-electron chi connectivity index (χ0n) is 19.5. The molecule has 0 unspecified atom stereocenters. The number of fused-ring (bicyclic) bond motifs is 3. The quantitative estimate of drug-likeness (QED) is 0.416. The van der Waals surface area contributed by atoms with Crippen molar-refractivity contribution in [3.63, 3.8) is 0 Å². The van der Waals surface area contributed by atoms with Crippen molar-refractivity contribution in [3.05, 3.63) is 36.4 Å². The predicted octanol–water partition coefficient (Wildman–Crippen LogP) is 5.06. The van der Waals surface area contributed by atoms with E-state index in [1.165, 1.54) is 73.7 Å². The summed E-state index contributed by atoms with van der Waals surface area (Å²) in [5.41, 5.74) is 2.44. The molecule has 0 N–H and O–H groups in total. The van der Waals surface area contributed by atoms with E-state index in [-0.39, 0.29) is 0 Å². The molecular formula is C27H37N3O2. The fourth-order valence-electron chi connectivity index (χ4n) is 5.32. The summed E-state index contributed by atoms with van der Waals surface area (Å²) >= 11 is 0. The van der Waals surface area contributed by atoms with Crippen molar-refractivity contribution in [2.45, 2.75) is 38.5 Å². The fraction of sp³-hybridized carbons (Fsp3) is 0.556. The summed E-state index contributed by atoms with van der Waals surface area (Å²) in [6.07, 6.45) is 7.58. The van der Waals surface area contributed by atoms with Gasteiger partial charge in [0.05, 0.1) is 18.7 Å². The van der Waals surface area contributed by atoms with Crippen LogP contribution in [-0.2, 0) is 7.05 Å². The Balaban J connectivity index is 1.21. The summed E-state index contributed by atoms with van der Waals surface area (Å²) in [5, 5.41) is 2.51. The first-order chi connectivity index (χ1) is 15.8. The number of benzene rings is 2. The molecule has 5 rings (SSSR count). The van der Waals surface area contributed by atoms with Crippen LogP contribution in [0.4, 0.5) is 0 Å². The van der Waals surface area contributed by atoms with E-state index in [1.54, 1.807) is 0 Å². The van der Waals surface area contributed by atoms with Gasteiger partial charge in [-0.25, -0.2) is 0 Å². The van der Waals surface area contributed by atoms with Crippen LogP contribution in [0, 0.1) is 0 Å². The molecule has 2 fully saturated rings. The Bertz CT molecular complexity index is 1030. The first kappa shape index (κ1) is 21.6. The van der Waals surface area contributed by atoms with Gasteiger partial charge in [0, 0.05) is 42.5 Å². The van der Waals surface area contributed by atoms with Crippen LogP contribution in [0.25, 0.3) is 21.8 Å². The number of ether oxygens (including phenoxy) is 2. The van der Waals surface area contributed by atoms with E-state index in [9.17, 15) is 0 Å². The van der Waals surface area contributed by atoms with Crippen LogP contribution in [0.5, 0.6) is 11.5 Å². The van der Waals surface area contributed by atoms with Gasteiger partial charge in [0.15, 0.2) is 0 Å². The second kappa shape index (κ2) is 10.1. The third-order valence-corrected chi connectivity index (χ3v) is 7.12. The highest BCUT2D eigenvalue weighted by Crippen LogP contribution is 2.33. The highest BCUT2D eigenvalue weighted by molar-refractivity contribution is 6.08. The molecule has 172 valence electrons. The van der Waals surface area contributed by atoms with Crippen molar-refractivity contribution >= 4 is 21.8 Å². The third kappa shape index (κ3) is 4.89. The summed E-state index contributed by atoms with van der Waals surface area (Å²) < 4.78 is 14.4. The summed E-state index contributed by atoms with van der Waals surface area (Å²) in [4.78, 5) is 5.09. The number of likely N-dealkylation sites (tertiary alicyclic amines) is 2. The fourth-order valence-corrected chi connectivity index (χ4v) is 5.32. The van der Waals surface area contributed by atoms with Gasteiger partial charge in [0.2, 0.25) is 0 Å². The Labute approximate surface area is 191 Å². The zero-order chi connectivity index (χ0) is 21.8. The molecule has 5 nitrogen and oxygen atoms in total. The summed E-state index contributed by atoms with van der Waals surface area (Å²) in [5.74, 6) is 1.93. The van der Waals surface area contributed by atoms with E-state index in [2.05, 4.69) is 57.8 Å². The molecule has 0 bridgehead atoms. The van der Waals surface area contributed by atoms with Crippen molar-refractivity contribution in [1.29, 1.82) is 0 Å². The second-order valence-corrected chi connectivity index (χ2v) is 9.42. The maximum absolute atomic E-state index is 6.10. The smallest absolute Gasteiger partial charge is 0.121 e. The molecule has 0 amide bonds. The molecule has 2 aliphatic rings. The first-order valence-corrected chi connectivity index (χ1v) is 12.5. The van der Waals surface area contributed by atoms with E-state index in [4.69, 9.17) is 9.47 Å². The van der Waals surface area contributed by atoms with E-state index in [0.717, 1.165) is 50.6 Å². The minimum absolute atomic E-state index is 0.779. The Morgan fingerprint density at radius 2 is 1.22 bits per heavy atom. The van der Waals surface area contributed by atoms with E-state index in [1.807, 2.05) is 0 Å². The number of nitrogens with zero attached hydrogens (tertiary/aromatic N) is 3. The van der Waals surface area contributed by atoms with Gasteiger partial charge in [0.1, 0.15) is 11.5 Å². The SMILES string of the molecule is Cn1c2ccc(OCCCN3CCCC3)cc2c2ccc(OCCCN3CCCC3)cc21. The molecule has 0 atom stereocenters. The summed E-state index contributed by atoms with van der Waals surface area (Å²) in [6, 6.07) is 13.0. The standard InChI is InChI=1S/C27H37N3O2/c1-28-26-11-9-22(31-18-6-16-29-12-2-3-13-29)20-25(26)24-10-8-23(21-27(24)28)32-19-7-17-30-14-4-5-15-30/h8-11,20-21H,2-7,12-19H2,1H3. The largest absolute Gasteiger partial charge is 0.494 e. The molecule has 0 spiro atoms. The number of hydrogen-bond acceptors (Lipinski definition) is 4. The molecule has 0 radical (unpaired) electrons. The molecule has 2 aliphatic heterocycles. The highest BCUT2D eigenvalue weighted by atomic mass is 16.5. The van der Waals surface area contributed by atoms with Gasteiger partial charge in [0.25, 0.3) is 0 Å². The lowest BCUT2D eigenvalue weighted by Crippen LogP contribution is -2.21. The van der Waals surface area contributed by atoms with Gasteiger partial charge < -0.3 is 23.8 Å². The Morgan fingerprint density at radius 3 is 1.84 bits per heavy atom. The maximum atomic E-state index is 6.10. The van der Waals surface area contributed by atoms with Gasteiger partial charge in [-0.05, 0) is 95.0 Å². The van der Waals surface area contributed by atoms with Crippen LogP contribution in [0.15, 0.2) is 36.4 Å². The highest BCUT2D eigenvalue weighted by Gasteiger charge is 2.13. The van der Waals surface area contributed by atoms with Crippen molar-refractivity contribution in [1.82, 2.24) is 14.4 Å². The van der Waals surface area contributed by atoms with Crippen LogP contribution in [0.2, 0.25) is 0 Å². The molecule has 1 aromatic heterocycles. The van der Waals surface area contributed by atoms with Gasteiger partial charge in [-0.2, -0.15) is 0 Å². The van der Waals surface area contributed by atoms with Crippen molar-refractivity contribution in [3.8, 4) is 11.5 Å². The van der Waals surface area contributed by atoms with E-state index >= 15 is 0 Å². The summed E-state index contributed by atoms with van der Waals surface area (Å²) in [7, 11) is 2.14. The van der Waals surface area contributed by atoms with Crippen LogP contribution in [0.1, 0.15) is 38.5 Å². The number of rotatable bonds is 10. The lowest BCUT2D eigenvalue weighted by Gasteiger charge is -2.14.